The van der Waals surface area contributed by atoms with Gasteiger partial charge in [-0.3, -0.25) is 0 Å². The van der Waals surface area contributed by atoms with Crippen molar-refractivity contribution in [1.29, 1.82) is 0 Å². The molecule has 0 aliphatic rings. The average molecular weight is 430 g/mol. The summed E-state index contributed by atoms with van der Waals surface area (Å²) in [6, 6.07) is 29.1. The van der Waals surface area contributed by atoms with Gasteiger partial charge in [0, 0.05) is 26.1 Å². The lowest BCUT2D eigenvalue weighted by atomic mass is 10.1. The molecule has 2 aromatic heterocycles. The number of hydrogen-bond acceptors (Lipinski definition) is 3. The maximum Gasteiger partial charge on any atom is 0.339 e. The fourth-order valence-corrected chi connectivity index (χ4v) is 6.96. The zero-order valence-electron chi connectivity index (χ0n) is 16.8. The molecular weight excluding hydrogens is 408 g/mol. The van der Waals surface area contributed by atoms with Crippen molar-refractivity contribution in [3.63, 3.8) is 0 Å². The van der Waals surface area contributed by atoms with Gasteiger partial charge in [-0.2, -0.15) is 0 Å². The van der Waals surface area contributed by atoms with Crippen LogP contribution in [0.25, 0.3) is 25.1 Å². The fraction of sp³-hybridized carbons (Fsp3) is 0.115. The first-order valence-corrected chi connectivity index (χ1v) is 12.0. The first-order valence-electron chi connectivity index (χ1n) is 9.85. The first kappa shape index (κ1) is 19.0. The standard InChI is InChI=1S/C26H21O2S2/c1-26(2,24-12-7-17-29-24)28-25(27)18-13-15-19(16-14-18)30-22-10-5-3-8-20(22)21-9-4-6-11-23(21)30/h3-17H,1-2H3/q+1. The molecule has 0 spiro atoms. The van der Waals surface area contributed by atoms with E-state index in [4.69, 9.17) is 4.74 Å². The van der Waals surface area contributed by atoms with Crippen LogP contribution in [0.2, 0.25) is 0 Å². The molecule has 0 atom stereocenters. The molecule has 0 unspecified atom stereocenters. The number of thiophene rings is 2. The topological polar surface area (TPSA) is 26.3 Å². The second kappa shape index (κ2) is 7.38. The summed E-state index contributed by atoms with van der Waals surface area (Å²) in [6.45, 7) is 3.86. The summed E-state index contributed by atoms with van der Waals surface area (Å²) in [7, 11) is -0.156. The van der Waals surface area contributed by atoms with Crippen LogP contribution in [0.4, 0.5) is 0 Å². The van der Waals surface area contributed by atoms with Gasteiger partial charge in [-0.25, -0.2) is 4.79 Å². The smallest absolute Gasteiger partial charge is 0.339 e. The van der Waals surface area contributed by atoms with Crippen LogP contribution in [0.5, 0.6) is 0 Å². The summed E-state index contributed by atoms with van der Waals surface area (Å²) in [4.78, 5) is 15.0. The van der Waals surface area contributed by atoms with E-state index in [0.29, 0.717) is 5.56 Å². The van der Waals surface area contributed by atoms with E-state index in [1.807, 2.05) is 43.5 Å². The minimum Gasteiger partial charge on any atom is -0.450 e. The minimum absolute atomic E-state index is 0.156. The number of carbonyl (C=O) groups is 1. The lowest BCUT2D eigenvalue weighted by Gasteiger charge is -2.23. The van der Waals surface area contributed by atoms with Gasteiger partial charge < -0.3 is 4.74 Å². The summed E-state index contributed by atoms with van der Waals surface area (Å²) in [5, 5.41) is 4.60. The second-order valence-electron chi connectivity index (χ2n) is 7.70. The van der Waals surface area contributed by atoms with Crippen molar-refractivity contribution in [2.24, 2.45) is 0 Å². The van der Waals surface area contributed by atoms with Gasteiger partial charge in [-0.1, -0.05) is 30.3 Å². The van der Waals surface area contributed by atoms with E-state index < -0.39 is 5.60 Å². The molecule has 2 heterocycles. The molecule has 0 aliphatic heterocycles. The largest absolute Gasteiger partial charge is 0.450 e. The summed E-state index contributed by atoms with van der Waals surface area (Å²) >= 11 is 1.60. The molecule has 4 heteroatoms. The van der Waals surface area contributed by atoms with Crippen LogP contribution in [-0.2, 0) is 10.3 Å². The van der Waals surface area contributed by atoms with Crippen molar-refractivity contribution in [2.75, 3.05) is 0 Å². The Morgan fingerprint density at radius 3 is 1.97 bits per heavy atom. The van der Waals surface area contributed by atoms with Gasteiger partial charge in [0.05, 0.1) is 5.56 Å². The van der Waals surface area contributed by atoms with Gasteiger partial charge >= 0.3 is 5.97 Å². The number of hydrogen-bond donors (Lipinski definition) is 0. The lowest BCUT2D eigenvalue weighted by molar-refractivity contribution is -0.00155. The molecule has 5 rings (SSSR count). The molecule has 0 fully saturated rings. The van der Waals surface area contributed by atoms with E-state index in [-0.39, 0.29) is 16.4 Å². The van der Waals surface area contributed by atoms with Crippen molar-refractivity contribution >= 4 is 47.9 Å². The Kier molecular flexibility index (Phi) is 4.69. The highest BCUT2D eigenvalue weighted by Crippen LogP contribution is 2.48. The number of carbonyl (C=O) groups excluding carboxylic acids is 1. The molecule has 0 saturated carbocycles. The monoisotopic (exact) mass is 429 g/mol. The normalized spacial score (nSPS) is 11.8. The Bertz CT molecular complexity index is 1290. The van der Waals surface area contributed by atoms with Crippen molar-refractivity contribution < 1.29 is 9.53 Å². The Labute approximate surface area is 182 Å². The number of esters is 1. The molecule has 0 amide bonds. The molecule has 30 heavy (non-hydrogen) atoms. The van der Waals surface area contributed by atoms with E-state index in [9.17, 15) is 4.79 Å². The number of rotatable bonds is 4. The van der Waals surface area contributed by atoms with E-state index in [1.165, 1.54) is 25.1 Å². The third-order valence-electron chi connectivity index (χ3n) is 5.29. The van der Waals surface area contributed by atoms with E-state index in [0.717, 1.165) is 4.88 Å². The van der Waals surface area contributed by atoms with Crippen LogP contribution < -0.4 is 0 Å². The Hall–Kier alpha value is -2.95. The van der Waals surface area contributed by atoms with Gasteiger partial charge in [-0.15, -0.1) is 11.3 Å². The second-order valence-corrected chi connectivity index (χ2v) is 10.6. The molecule has 2 nitrogen and oxygen atoms in total. The molecule has 0 N–H and O–H groups in total. The molecule has 0 saturated heterocycles. The quantitative estimate of drug-likeness (QED) is 0.214. The van der Waals surface area contributed by atoms with Crippen LogP contribution >= 0.6 is 21.8 Å². The SMILES string of the molecule is CC(C)(OC(=O)c1ccc(-[s+]2c3ccccc3c3ccccc32)cc1)c1cccs1. The highest BCUT2D eigenvalue weighted by Gasteiger charge is 2.28. The minimum atomic E-state index is -0.644. The summed E-state index contributed by atoms with van der Waals surface area (Å²) < 4.78 is 8.50. The lowest BCUT2D eigenvalue weighted by Crippen LogP contribution is -2.24. The molecule has 0 aliphatic carbocycles. The molecular formula is C26H21O2S2+. The summed E-state index contributed by atoms with van der Waals surface area (Å²) in [6.07, 6.45) is 0. The van der Waals surface area contributed by atoms with E-state index in [2.05, 4.69) is 60.7 Å². The van der Waals surface area contributed by atoms with Crippen LogP contribution in [-0.4, -0.2) is 5.97 Å². The van der Waals surface area contributed by atoms with Crippen molar-refractivity contribution in [2.45, 2.75) is 19.4 Å². The molecule has 0 radical (unpaired) electrons. The van der Waals surface area contributed by atoms with Crippen LogP contribution in [0.3, 0.4) is 0 Å². The molecule has 3 aromatic carbocycles. The molecule has 148 valence electrons. The average Bonchev–Trinajstić information content (AvgIpc) is 3.41. The maximum absolute atomic E-state index is 12.8. The summed E-state index contributed by atoms with van der Waals surface area (Å²) in [5.41, 5.74) is -0.0672. The third kappa shape index (κ3) is 3.22. The van der Waals surface area contributed by atoms with Crippen molar-refractivity contribution in [3.05, 3.63) is 101 Å². The van der Waals surface area contributed by atoms with E-state index in [1.54, 1.807) is 11.3 Å². The Morgan fingerprint density at radius 2 is 1.40 bits per heavy atom. The van der Waals surface area contributed by atoms with Crippen molar-refractivity contribution in [3.8, 4) is 4.90 Å². The molecule has 5 aromatic rings. The van der Waals surface area contributed by atoms with E-state index >= 15 is 0 Å². The Morgan fingerprint density at radius 1 is 0.800 bits per heavy atom. The highest BCUT2D eigenvalue weighted by atomic mass is 32.2. The third-order valence-corrected chi connectivity index (χ3v) is 8.80. The fourth-order valence-electron chi connectivity index (χ4n) is 3.80. The number of ether oxygens (including phenoxy) is 1. The van der Waals surface area contributed by atoms with Gasteiger partial charge in [0.2, 0.25) is 0 Å². The number of benzene rings is 3. The van der Waals surface area contributed by atoms with Crippen LogP contribution in [0, 0.1) is 0 Å². The van der Waals surface area contributed by atoms with Gasteiger partial charge in [-0.05, 0) is 73.8 Å². The first-order chi connectivity index (χ1) is 14.5. The predicted octanol–water partition coefficient (Wildman–Crippen LogP) is 7.88. The zero-order chi connectivity index (χ0) is 20.7. The highest BCUT2D eigenvalue weighted by molar-refractivity contribution is 7.50. The van der Waals surface area contributed by atoms with Crippen LogP contribution in [0.15, 0.2) is 90.3 Å². The maximum atomic E-state index is 12.8. The Balaban J connectivity index is 1.51. The van der Waals surface area contributed by atoms with Crippen LogP contribution in [0.1, 0.15) is 29.1 Å². The van der Waals surface area contributed by atoms with Gasteiger partial charge in [0.1, 0.15) is 5.60 Å². The van der Waals surface area contributed by atoms with Gasteiger partial charge in [0.25, 0.3) is 0 Å². The predicted molar refractivity (Wildman–Crippen MR) is 128 cm³/mol. The summed E-state index contributed by atoms with van der Waals surface area (Å²) in [5.74, 6) is -0.296. The number of fused-ring (bicyclic) bond motifs is 3. The van der Waals surface area contributed by atoms with Crippen molar-refractivity contribution in [1.82, 2.24) is 0 Å². The van der Waals surface area contributed by atoms with Gasteiger partial charge in [0.15, 0.2) is 14.3 Å². The zero-order valence-corrected chi connectivity index (χ0v) is 18.4. The molecule has 0 bridgehead atoms.